The normalized spacial score (nSPS) is 16.6. The maximum atomic E-state index is 14.2. The summed E-state index contributed by atoms with van der Waals surface area (Å²) < 4.78 is 31.2. The highest BCUT2D eigenvalue weighted by atomic mass is 35.5. The zero-order valence-electron chi connectivity index (χ0n) is 46.9. The van der Waals surface area contributed by atoms with Gasteiger partial charge >= 0.3 is 0 Å². The Kier molecular flexibility index (Phi) is 20.8. The Balaban J connectivity index is 0.000000219. The Hall–Kier alpha value is -7.73. The molecular weight excluding hydrogens is 1160 g/mol. The number of nitrogens with one attached hydrogen (secondary N) is 2. The van der Waals surface area contributed by atoms with Crippen molar-refractivity contribution in [3.63, 3.8) is 0 Å². The molecule has 2 atom stereocenters. The lowest BCUT2D eigenvalue weighted by Crippen LogP contribution is -2.46. The van der Waals surface area contributed by atoms with E-state index in [2.05, 4.69) is 27.8 Å². The third-order valence-corrected chi connectivity index (χ3v) is 16.0. The van der Waals surface area contributed by atoms with E-state index < -0.39 is 35.3 Å². The first-order valence-electron chi connectivity index (χ1n) is 28.1. The van der Waals surface area contributed by atoms with Gasteiger partial charge in [-0.05, 0) is 105 Å². The van der Waals surface area contributed by atoms with Crippen molar-refractivity contribution in [3.05, 3.63) is 128 Å². The summed E-state index contributed by atoms with van der Waals surface area (Å²) in [7, 11) is 0. The molecule has 0 radical (unpaired) electrons. The Morgan fingerprint density at radius 3 is 1.44 bits per heavy atom. The highest BCUT2D eigenvalue weighted by Crippen LogP contribution is 2.30. The second kappa shape index (κ2) is 28.0. The third kappa shape index (κ3) is 16.0. The van der Waals surface area contributed by atoms with Crippen LogP contribution in [0.5, 0.6) is 0 Å². The van der Waals surface area contributed by atoms with Crippen LogP contribution < -0.4 is 27.8 Å². The summed E-state index contributed by atoms with van der Waals surface area (Å²) in [5.74, 6) is -3.85. The molecular formula is C59H68Cl3F2N13O8. The minimum Gasteiger partial charge on any atom is -0.364 e. The second-order valence-electron chi connectivity index (χ2n) is 22.1. The molecule has 2 saturated heterocycles. The monoisotopic (exact) mass is 1230 g/mol. The van der Waals surface area contributed by atoms with Crippen molar-refractivity contribution in [2.24, 2.45) is 23.1 Å². The molecule has 85 heavy (non-hydrogen) atoms. The predicted molar refractivity (Wildman–Crippen MR) is 316 cm³/mol. The number of carbonyl (C=O) groups is 8. The molecule has 4 aromatic carbocycles. The number of hydrogen-bond acceptors (Lipinski definition) is 11. The summed E-state index contributed by atoms with van der Waals surface area (Å²) in [6.07, 6.45) is 7.22. The number of primary amides is 2. The van der Waals surface area contributed by atoms with Gasteiger partial charge in [0.15, 0.2) is 11.4 Å². The molecule has 0 spiro atoms. The maximum Gasteiger partial charge on any atom is 0.269 e. The van der Waals surface area contributed by atoms with Crippen molar-refractivity contribution < 1.29 is 47.1 Å². The second-order valence-corrected chi connectivity index (χ2v) is 22.9. The Labute approximate surface area is 505 Å². The summed E-state index contributed by atoms with van der Waals surface area (Å²) in [5.41, 5.74) is 20.2. The number of nitrogens with zero attached hydrogens (tertiary/aromatic N) is 8. The molecule has 4 heterocycles. The summed E-state index contributed by atoms with van der Waals surface area (Å²) in [4.78, 5) is 109. The number of fused-ring (bicyclic) bond motifs is 2. The topological polar surface area (TPSA) is 287 Å². The van der Waals surface area contributed by atoms with E-state index in [1.807, 2.05) is 4.90 Å². The number of amides is 8. The van der Waals surface area contributed by atoms with Gasteiger partial charge in [-0.25, -0.2) is 8.78 Å². The molecule has 8 amide bonds. The van der Waals surface area contributed by atoms with Gasteiger partial charge in [-0.3, -0.25) is 47.7 Å². The predicted octanol–water partition coefficient (Wildman–Crippen LogP) is 5.19. The number of piperidine rings is 2. The van der Waals surface area contributed by atoms with Crippen molar-refractivity contribution in [1.82, 2.24) is 49.8 Å². The van der Waals surface area contributed by atoms with Crippen LogP contribution in [0.15, 0.2) is 72.8 Å². The number of likely N-dealkylation sites (tertiary alicyclic amines) is 2. The quantitative estimate of drug-likeness (QED) is 0.0663. The fourth-order valence-corrected chi connectivity index (χ4v) is 11.1. The minimum absolute atomic E-state index is 0. The standard InChI is InChI=1S/C30H34ClFN6O4.C29H33ClFN7O4.ClH/c1-18-4-3-11-36(15-18)26(40)13-19-7-10-24-22(12-19)29(30(33)42)35-38(24)17-27(41)37(21-8-9-21)16-25(39)34-14-20-5-2-6-23(31)28(20)32;30-22-5-1-3-18(27(22)31)13-34-24(39)15-37(20-7-8-20)26(41)16-38-23-9-6-17(11-21(23)28(35-38)29(33)42)12-25(40)36-10-2-4-19(32)14-36;/h2,5-7,10,12,18,21H,3-4,8-9,11,13-17H2,1H3,(H2,33,42)(H,34,39);1,3,5-6,9,11,19-20H,2,4,7-8,10,12-16,32H2,(H2,33,42)(H,34,39);1H/t18-;19-;/m11./s1. The Morgan fingerprint density at radius 2 is 1.04 bits per heavy atom. The number of aromatic nitrogens is 4. The minimum atomic E-state index is -0.761. The molecule has 2 saturated carbocycles. The average molecular weight is 1230 g/mol. The van der Waals surface area contributed by atoms with Crippen molar-refractivity contribution in [2.75, 3.05) is 39.3 Å². The summed E-state index contributed by atoms with van der Waals surface area (Å²) in [6.45, 7) is 3.82. The van der Waals surface area contributed by atoms with Gasteiger partial charge in [0.1, 0.15) is 24.7 Å². The molecule has 8 N–H and O–H groups in total. The zero-order valence-corrected chi connectivity index (χ0v) is 49.2. The van der Waals surface area contributed by atoms with Crippen LogP contribution >= 0.6 is 35.6 Å². The number of benzene rings is 4. The van der Waals surface area contributed by atoms with Crippen LogP contribution in [0.2, 0.25) is 10.0 Å². The highest BCUT2D eigenvalue weighted by molar-refractivity contribution is 6.31. The van der Waals surface area contributed by atoms with E-state index in [4.69, 9.17) is 40.4 Å². The van der Waals surface area contributed by atoms with Crippen LogP contribution in [-0.2, 0) is 67.8 Å². The van der Waals surface area contributed by atoms with Gasteiger partial charge in [-0.2, -0.15) is 10.2 Å². The first kappa shape index (κ1) is 63.3. The molecule has 6 aromatic rings. The van der Waals surface area contributed by atoms with Crippen molar-refractivity contribution in [1.29, 1.82) is 0 Å². The zero-order chi connectivity index (χ0) is 59.9. The lowest BCUT2D eigenvalue weighted by Gasteiger charge is -2.31. The number of carbonyl (C=O) groups excluding carboxylic acids is 8. The maximum absolute atomic E-state index is 14.2. The van der Waals surface area contributed by atoms with E-state index in [9.17, 15) is 47.1 Å². The summed E-state index contributed by atoms with van der Waals surface area (Å²) in [5, 5.41) is 14.8. The molecule has 2 aromatic heterocycles. The van der Waals surface area contributed by atoms with Crippen LogP contribution in [0, 0.1) is 17.6 Å². The van der Waals surface area contributed by atoms with Crippen LogP contribution in [0.4, 0.5) is 8.78 Å². The molecule has 4 fully saturated rings. The van der Waals surface area contributed by atoms with Crippen molar-refractivity contribution >= 4 is 105 Å². The number of hydrogen-bond donors (Lipinski definition) is 5. The van der Waals surface area contributed by atoms with E-state index in [1.165, 1.54) is 43.4 Å². The number of halogens is 5. The van der Waals surface area contributed by atoms with Gasteiger partial charge in [0, 0.05) is 79.3 Å². The molecule has 452 valence electrons. The molecule has 2 aliphatic heterocycles. The van der Waals surface area contributed by atoms with Crippen LogP contribution in [-0.4, -0.2) is 144 Å². The molecule has 10 rings (SSSR count). The number of rotatable bonds is 20. The van der Waals surface area contributed by atoms with Gasteiger partial charge in [0.2, 0.25) is 35.4 Å². The van der Waals surface area contributed by atoms with E-state index in [0.29, 0.717) is 46.4 Å². The summed E-state index contributed by atoms with van der Waals surface area (Å²) in [6, 6.07) is 19.3. The van der Waals surface area contributed by atoms with Crippen molar-refractivity contribution in [2.45, 2.75) is 115 Å². The van der Waals surface area contributed by atoms with Gasteiger partial charge in [-0.15, -0.1) is 12.4 Å². The lowest BCUT2D eigenvalue weighted by atomic mass is 9.99. The highest BCUT2D eigenvalue weighted by Gasteiger charge is 2.36. The molecule has 2 aliphatic carbocycles. The Morgan fingerprint density at radius 1 is 0.612 bits per heavy atom. The van der Waals surface area contributed by atoms with Crippen molar-refractivity contribution in [3.8, 4) is 0 Å². The fourth-order valence-electron chi connectivity index (χ4n) is 10.7. The lowest BCUT2D eigenvalue weighted by molar-refractivity contribution is -0.137. The first-order valence-corrected chi connectivity index (χ1v) is 28.8. The van der Waals surface area contributed by atoms with E-state index in [-0.39, 0.29) is 139 Å². The van der Waals surface area contributed by atoms with Gasteiger partial charge < -0.3 is 47.4 Å². The van der Waals surface area contributed by atoms with E-state index in [0.717, 1.165) is 70.0 Å². The van der Waals surface area contributed by atoms with E-state index in [1.54, 1.807) is 53.4 Å². The first-order chi connectivity index (χ1) is 40.2. The molecule has 0 unspecified atom stereocenters. The molecule has 26 heteroatoms. The van der Waals surface area contributed by atoms with Crippen LogP contribution in [0.1, 0.15) is 102 Å². The van der Waals surface area contributed by atoms with Crippen LogP contribution in [0.3, 0.4) is 0 Å². The van der Waals surface area contributed by atoms with Gasteiger partial charge in [0.25, 0.3) is 11.8 Å². The third-order valence-electron chi connectivity index (χ3n) is 15.5. The van der Waals surface area contributed by atoms with Gasteiger partial charge in [-0.1, -0.05) is 66.5 Å². The fraction of sp³-hybridized carbons (Fsp3) is 0.424. The molecule has 0 bridgehead atoms. The molecule has 21 nitrogen and oxygen atoms in total. The largest absolute Gasteiger partial charge is 0.364 e. The summed E-state index contributed by atoms with van der Waals surface area (Å²) >= 11 is 11.6. The van der Waals surface area contributed by atoms with Crippen LogP contribution in [0.25, 0.3) is 21.8 Å². The SMILES string of the molecule is C[C@@H]1CCCN(C(=O)Cc2ccc3c(c2)c(C(N)=O)nn3CC(=O)N(CC(=O)NCc2cccc(Cl)c2F)C2CC2)C1.Cl.NC(=O)c1nn(CC(=O)N(CC(=O)NCc2cccc(Cl)c2F)C2CC2)c2ccc(CC(=O)N3CCC[C@@H](N)C3)cc12. The number of nitrogens with two attached hydrogens (primary N) is 3. The van der Waals surface area contributed by atoms with Gasteiger partial charge in [0.05, 0.1) is 47.0 Å². The smallest absolute Gasteiger partial charge is 0.269 e. The van der Waals surface area contributed by atoms with E-state index >= 15 is 0 Å². The Bertz CT molecular complexity index is 3310. The molecule has 4 aliphatic rings. The average Bonchev–Trinajstić information content (AvgIpc) is 3.40.